The lowest BCUT2D eigenvalue weighted by Gasteiger charge is -2.25. The number of halogens is 2. The van der Waals surface area contributed by atoms with Crippen molar-refractivity contribution in [2.75, 3.05) is 18.5 Å². The quantitative estimate of drug-likeness (QED) is 0.435. The van der Waals surface area contributed by atoms with Crippen LogP contribution in [0.3, 0.4) is 0 Å². The van der Waals surface area contributed by atoms with Crippen LogP contribution in [0.2, 0.25) is 5.02 Å². The number of pyridine rings is 1. The summed E-state index contributed by atoms with van der Waals surface area (Å²) in [6, 6.07) is 8.86. The minimum absolute atomic E-state index is 0.222. The van der Waals surface area contributed by atoms with E-state index in [2.05, 4.69) is 25.6 Å². The standard InChI is InChI=1S/C27H28ClFN6O3/c1-15(22-4-3-5-23(29)33-22)31-25(36)16(2)35-14-18-7-6-17(12-20(18)26(35)37)24-21(28)13-30-27(34-24)32-19-8-10-38-11-9-19/h3-7,12-13,15-16,19H,8-11,14H2,1-2H3,(H,31,36)(H,30,32,34)/t15-,16-/m1/s1. The van der Waals surface area contributed by atoms with Gasteiger partial charge in [0, 0.05) is 36.9 Å². The van der Waals surface area contributed by atoms with Crippen molar-refractivity contribution in [2.24, 2.45) is 0 Å². The Labute approximate surface area is 224 Å². The Morgan fingerprint density at radius 3 is 2.74 bits per heavy atom. The Hall–Kier alpha value is -3.63. The normalized spacial score (nSPS) is 17.2. The first-order valence-corrected chi connectivity index (χ1v) is 12.9. The summed E-state index contributed by atoms with van der Waals surface area (Å²) in [6.45, 7) is 5.07. The van der Waals surface area contributed by atoms with Gasteiger partial charge >= 0.3 is 0 Å². The van der Waals surface area contributed by atoms with Gasteiger partial charge in [0.05, 0.1) is 28.6 Å². The van der Waals surface area contributed by atoms with Gasteiger partial charge in [-0.15, -0.1) is 0 Å². The van der Waals surface area contributed by atoms with Gasteiger partial charge in [0.15, 0.2) is 0 Å². The van der Waals surface area contributed by atoms with Gasteiger partial charge in [-0.2, -0.15) is 4.39 Å². The molecule has 1 fully saturated rings. The highest BCUT2D eigenvalue weighted by atomic mass is 35.5. The molecule has 2 atom stereocenters. The highest BCUT2D eigenvalue weighted by Crippen LogP contribution is 2.32. The molecule has 0 bridgehead atoms. The Morgan fingerprint density at radius 1 is 1.18 bits per heavy atom. The van der Waals surface area contributed by atoms with E-state index in [0.29, 0.717) is 53.2 Å². The number of carbonyl (C=O) groups is 2. The summed E-state index contributed by atoms with van der Waals surface area (Å²) < 4.78 is 18.9. The number of ether oxygens (including phenoxy) is 1. The number of fused-ring (bicyclic) bond motifs is 1. The summed E-state index contributed by atoms with van der Waals surface area (Å²) in [5, 5.41) is 6.53. The van der Waals surface area contributed by atoms with E-state index in [1.165, 1.54) is 17.0 Å². The summed E-state index contributed by atoms with van der Waals surface area (Å²) in [4.78, 5) is 40.6. The lowest BCUT2D eigenvalue weighted by molar-refractivity contribution is -0.125. The molecule has 11 heteroatoms. The molecule has 1 aromatic carbocycles. The first-order chi connectivity index (χ1) is 18.3. The van der Waals surface area contributed by atoms with Gasteiger partial charge in [-0.3, -0.25) is 9.59 Å². The van der Waals surface area contributed by atoms with Crippen LogP contribution >= 0.6 is 11.6 Å². The molecule has 2 aromatic heterocycles. The second-order valence-electron chi connectivity index (χ2n) is 9.52. The average Bonchev–Trinajstić information content (AvgIpc) is 3.25. The molecule has 2 N–H and O–H groups in total. The third kappa shape index (κ3) is 5.46. The van der Waals surface area contributed by atoms with Gasteiger partial charge in [-0.1, -0.05) is 29.8 Å². The molecule has 0 unspecified atom stereocenters. The lowest BCUT2D eigenvalue weighted by Crippen LogP contribution is -2.46. The number of anilines is 1. The van der Waals surface area contributed by atoms with E-state index in [-0.39, 0.29) is 17.9 Å². The molecule has 198 valence electrons. The molecule has 0 aliphatic carbocycles. The number of carbonyl (C=O) groups excluding carboxylic acids is 2. The van der Waals surface area contributed by atoms with E-state index in [0.717, 1.165) is 18.4 Å². The third-order valence-electron chi connectivity index (χ3n) is 6.90. The number of hydrogen-bond donors (Lipinski definition) is 2. The van der Waals surface area contributed by atoms with Crippen molar-refractivity contribution >= 4 is 29.4 Å². The SMILES string of the molecule is C[C@H](C(=O)N[C@H](C)c1cccc(F)n1)N1Cc2ccc(-c3nc(NC4CCOCC4)ncc3Cl)cc2C1=O. The van der Waals surface area contributed by atoms with Crippen molar-refractivity contribution in [1.29, 1.82) is 0 Å². The molecule has 3 aromatic rings. The fourth-order valence-electron chi connectivity index (χ4n) is 4.66. The fraction of sp³-hybridized carbons (Fsp3) is 0.370. The van der Waals surface area contributed by atoms with E-state index in [1.54, 1.807) is 32.2 Å². The molecule has 2 amide bonds. The molecule has 0 spiro atoms. The maximum atomic E-state index is 13.5. The van der Waals surface area contributed by atoms with Crippen molar-refractivity contribution < 1.29 is 18.7 Å². The minimum Gasteiger partial charge on any atom is -0.381 e. The first kappa shape index (κ1) is 26.0. The predicted octanol–water partition coefficient (Wildman–Crippen LogP) is 4.14. The molecule has 2 aliphatic rings. The average molecular weight is 539 g/mol. The van der Waals surface area contributed by atoms with Crippen molar-refractivity contribution in [3.63, 3.8) is 0 Å². The van der Waals surface area contributed by atoms with Crippen LogP contribution in [0, 0.1) is 5.95 Å². The Kier molecular flexibility index (Phi) is 7.53. The van der Waals surface area contributed by atoms with E-state index >= 15 is 0 Å². The maximum Gasteiger partial charge on any atom is 0.255 e. The van der Waals surface area contributed by atoms with Crippen molar-refractivity contribution in [2.45, 2.75) is 51.4 Å². The Balaban J connectivity index is 1.30. The van der Waals surface area contributed by atoms with Crippen molar-refractivity contribution in [1.82, 2.24) is 25.2 Å². The molecule has 9 nitrogen and oxygen atoms in total. The summed E-state index contributed by atoms with van der Waals surface area (Å²) in [5.41, 5.74) is 2.91. The molecular formula is C27H28ClFN6O3. The number of rotatable bonds is 7. The smallest absolute Gasteiger partial charge is 0.255 e. The molecule has 5 rings (SSSR count). The summed E-state index contributed by atoms with van der Waals surface area (Å²) in [6.07, 6.45) is 3.29. The van der Waals surface area contributed by atoms with E-state index in [1.807, 2.05) is 12.1 Å². The molecule has 2 aliphatic heterocycles. The number of benzene rings is 1. The lowest BCUT2D eigenvalue weighted by atomic mass is 10.0. The number of nitrogens with one attached hydrogen (secondary N) is 2. The van der Waals surface area contributed by atoms with Gasteiger partial charge in [0.1, 0.15) is 6.04 Å². The van der Waals surface area contributed by atoms with Gasteiger partial charge < -0.3 is 20.3 Å². The first-order valence-electron chi connectivity index (χ1n) is 12.5. The summed E-state index contributed by atoms with van der Waals surface area (Å²) in [7, 11) is 0. The Morgan fingerprint density at radius 2 is 1.97 bits per heavy atom. The van der Waals surface area contributed by atoms with Crippen LogP contribution in [0.1, 0.15) is 54.3 Å². The molecule has 0 saturated carbocycles. The second kappa shape index (κ2) is 11.0. The van der Waals surface area contributed by atoms with Crippen molar-refractivity contribution in [3.8, 4) is 11.3 Å². The third-order valence-corrected chi connectivity index (χ3v) is 7.18. The van der Waals surface area contributed by atoms with Gasteiger partial charge in [0.25, 0.3) is 5.91 Å². The van der Waals surface area contributed by atoms with Crippen LogP contribution in [0.25, 0.3) is 11.3 Å². The second-order valence-corrected chi connectivity index (χ2v) is 9.92. The number of nitrogens with zero attached hydrogens (tertiary/aromatic N) is 4. The zero-order valence-corrected chi connectivity index (χ0v) is 21.8. The zero-order valence-electron chi connectivity index (χ0n) is 21.1. The van der Waals surface area contributed by atoms with Crippen LogP contribution in [-0.2, 0) is 16.1 Å². The molecular weight excluding hydrogens is 511 g/mol. The topological polar surface area (TPSA) is 109 Å². The number of hydrogen-bond acceptors (Lipinski definition) is 7. The van der Waals surface area contributed by atoms with Crippen LogP contribution in [0.5, 0.6) is 0 Å². The predicted molar refractivity (Wildman–Crippen MR) is 140 cm³/mol. The number of aromatic nitrogens is 3. The monoisotopic (exact) mass is 538 g/mol. The van der Waals surface area contributed by atoms with Crippen molar-refractivity contribution in [3.05, 3.63) is 70.4 Å². The molecule has 38 heavy (non-hydrogen) atoms. The highest BCUT2D eigenvalue weighted by molar-refractivity contribution is 6.33. The van der Waals surface area contributed by atoms with Gasteiger partial charge in [0.2, 0.25) is 17.8 Å². The fourth-order valence-corrected chi connectivity index (χ4v) is 4.86. The summed E-state index contributed by atoms with van der Waals surface area (Å²) >= 11 is 6.44. The maximum absolute atomic E-state index is 13.5. The van der Waals surface area contributed by atoms with Gasteiger partial charge in [-0.25, -0.2) is 15.0 Å². The Bertz CT molecular complexity index is 1370. The van der Waals surface area contributed by atoms with Crippen LogP contribution in [0.4, 0.5) is 10.3 Å². The highest BCUT2D eigenvalue weighted by Gasteiger charge is 2.34. The summed E-state index contributed by atoms with van der Waals surface area (Å²) in [5.74, 6) is -0.760. The molecule has 1 saturated heterocycles. The molecule has 0 radical (unpaired) electrons. The van der Waals surface area contributed by atoms with Crippen LogP contribution in [-0.4, -0.2) is 57.0 Å². The zero-order chi connectivity index (χ0) is 26.8. The van der Waals surface area contributed by atoms with Crippen LogP contribution in [0.15, 0.2) is 42.6 Å². The van der Waals surface area contributed by atoms with E-state index < -0.39 is 18.0 Å². The molecule has 4 heterocycles. The minimum atomic E-state index is -0.743. The largest absolute Gasteiger partial charge is 0.381 e. The van der Waals surface area contributed by atoms with E-state index in [4.69, 9.17) is 16.3 Å². The number of amides is 2. The van der Waals surface area contributed by atoms with Crippen LogP contribution < -0.4 is 10.6 Å². The van der Waals surface area contributed by atoms with Gasteiger partial charge in [-0.05, 0) is 50.5 Å². The van der Waals surface area contributed by atoms with E-state index in [9.17, 15) is 14.0 Å².